The van der Waals surface area contributed by atoms with Gasteiger partial charge in [0.1, 0.15) is 5.82 Å². The van der Waals surface area contributed by atoms with E-state index in [9.17, 15) is 13.2 Å². The van der Waals surface area contributed by atoms with Crippen molar-refractivity contribution in [3.8, 4) is 0 Å². The maximum Gasteiger partial charge on any atom is 0.417 e. The molecular weight excluding hydrogens is 255 g/mol. The van der Waals surface area contributed by atoms with Crippen LogP contribution in [0.15, 0.2) is 18.3 Å². The summed E-state index contributed by atoms with van der Waals surface area (Å²) in [7, 11) is 2.04. The number of fused-ring (bicyclic) bond motifs is 3. The van der Waals surface area contributed by atoms with Gasteiger partial charge in [0.05, 0.1) is 11.6 Å². The second-order valence-corrected chi connectivity index (χ2v) is 5.02. The SMILES string of the molecule is CN1CCN2c3ncc(C(F)(F)F)cc3C=C[C@@H]2C1. The van der Waals surface area contributed by atoms with Crippen LogP contribution in [0.5, 0.6) is 0 Å². The summed E-state index contributed by atoms with van der Waals surface area (Å²) in [6.45, 7) is 2.56. The highest BCUT2D eigenvalue weighted by Gasteiger charge is 2.34. The Balaban J connectivity index is 1.97. The van der Waals surface area contributed by atoms with E-state index in [2.05, 4.69) is 14.8 Å². The summed E-state index contributed by atoms with van der Waals surface area (Å²) >= 11 is 0. The zero-order chi connectivity index (χ0) is 13.6. The van der Waals surface area contributed by atoms with E-state index in [1.165, 1.54) is 6.07 Å². The molecule has 0 unspecified atom stereocenters. The standard InChI is InChI=1S/C13H14F3N3/c1-18-4-5-19-11(8-18)3-2-9-6-10(13(14,15)16)7-17-12(9)19/h2-3,6-7,11H,4-5,8H2,1H3/t11-/m1/s1. The number of hydrogen-bond acceptors (Lipinski definition) is 3. The lowest BCUT2D eigenvalue weighted by atomic mass is 10.0. The molecule has 2 aliphatic heterocycles. The molecule has 2 aliphatic rings. The highest BCUT2D eigenvalue weighted by atomic mass is 19.4. The van der Waals surface area contributed by atoms with Crippen LogP contribution in [-0.2, 0) is 6.18 Å². The fraction of sp³-hybridized carbons (Fsp3) is 0.462. The molecule has 1 saturated heterocycles. The van der Waals surface area contributed by atoms with Crippen molar-refractivity contribution in [2.75, 3.05) is 31.6 Å². The summed E-state index contributed by atoms with van der Waals surface area (Å²) in [5, 5.41) is 0. The lowest BCUT2D eigenvalue weighted by Gasteiger charge is -2.41. The molecule has 3 rings (SSSR count). The van der Waals surface area contributed by atoms with Gasteiger partial charge in [-0.15, -0.1) is 0 Å². The molecule has 1 fully saturated rings. The third-order valence-electron chi connectivity index (χ3n) is 3.61. The monoisotopic (exact) mass is 269 g/mol. The third-order valence-corrected chi connectivity index (χ3v) is 3.61. The lowest BCUT2D eigenvalue weighted by molar-refractivity contribution is -0.137. The number of aromatic nitrogens is 1. The molecule has 0 aromatic carbocycles. The van der Waals surface area contributed by atoms with Crippen LogP contribution in [0.25, 0.3) is 6.08 Å². The van der Waals surface area contributed by atoms with Crippen LogP contribution < -0.4 is 4.90 Å². The molecule has 1 atom stereocenters. The van der Waals surface area contributed by atoms with Gasteiger partial charge >= 0.3 is 6.18 Å². The quantitative estimate of drug-likeness (QED) is 0.720. The van der Waals surface area contributed by atoms with Gasteiger partial charge < -0.3 is 9.80 Å². The van der Waals surface area contributed by atoms with Crippen molar-refractivity contribution in [1.29, 1.82) is 0 Å². The summed E-state index contributed by atoms with van der Waals surface area (Å²) in [5.74, 6) is 0.661. The number of rotatable bonds is 0. The average Bonchev–Trinajstić information content (AvgIpc) is 2.36. The molecule has 0 spiro atoms. The maximum atomic E-state index is 12.7. The second kappa shape index (κ2) is 4.23. The minimum atomic E-state index is -4.34. The van der Waals surface area contributed by atoms with Gasteiger partial charge in [-0.25, -0.2) is 4.98 Å². The van der Waals surface area contributed by atoms with Gasteiger partial charge in [-0.2, -0.15) is 13.2 Å². The molecule has 3 nitrogen and oxygen atoms in total. The number of nitrogens with zero attached hydrogens (tertiary/aromatic N) is 3. The van der Waals surface area contributed by atoms with E-state index in [4.69, 9.17) is 0 Å². The van der Waals surface area contributed by atoms with Crippen LogP contribution >= 0.6 is 0 Å². The molecule has 0 bridgehead atoms. The first kappa shape index (κ1) is 12.5. The summed E-state index contributed by atoms with van der Waals surface area (Å²) < 4.78 is 38.0. The highest BCUT2D eigenvalue weighted by Crippen LogP contribution is 2.34. The fourth-order valence-corrected chi connectivity index (χ4v) is 2.59. The topological polar surface area (TPSA) is 19.4 Å². The van der Waals surface area contributed by atoms with Crippen molar-refractivity contribution in [3.05, 3.63) is 29.5 Å². The number of halogens is 3. The summed E-state index contributed by atoms with van der Waals surface area (Å²) in [5.41, 5.74) is -0.140. The first-order valence-electron chi connectivity index (χ1n) is 6.16. The molecule has 0 saturated carbocycles. The zero-order valence-corrected chi connectivity index (χ0v) is 10.5. The predicted molar refractivity (Wildman–Crippen MR) is 66.9 cm³/mol. The van der Waals surface area contributed by atoms with Gasteiger partial charge in [0, 0.05) is 31.4 Å². The molecule has 102 valence electrons. The second-order valence-electron chi connectivity index (χ2n) is 5.02. The molecule has 1 aromatic heterocycles. The van der Waals surface area contributed by atoms with E-state index in [0.29, 0.717) is 11.4 Å². The summed E-state index contributed by atoms with van der Waals surface area (Å²) in [6.07, 6.45) is 0.292. The van der Waals surface area contributed by atoms with Gasteiger partial charge in [0.2, 0.25) is 0 Å². The maximum absolute atomic E-state index is 12.7. The lowest BCUT2D eigenvalue weighted by Crippen LogP contribution is -2.52. The average molecular weight is 269 g/mol. The fourth-order valence-electron chi connectivity index (χ4n) is 2.59. The molecule has 3 heterocycles. The normalized spacial score (nSPS) is 23.2. The van der Waals surface area contributed by atoms with Crippen molar-refractivity contribution in [2.24, 2.45) is 0 Å². The van der Waals surface area contributed by atoms with Crippen molar-refractivity contribution < 1.29 is 13.2 Å². The van der Waals surface area contributed by atoms with Crippen LogP contribution in [-0.4, -0.2) is 42.6 Å². The molecule has 0 aliphatic carbocycles. The molecule has 0 amide bonds. The molecule has 19 heavy (non-hydrogen) atoms. The van der Waals surface area contributed by atoms with Crippen LogP contribution in [0.1, 0.15) is 11.1 Å². The van der Waals surface area contributed by atoms with Crippen molar-refractivity contribution >= 4 is 11.9 Å². The van der Waals surface area contributed by atoms with Crippen LogP contribution in [0.3, 0.4) is 0 Å². The third kappa shape index (κ3) is 2.20. The first-order valence-corrected chi connectivity index (χ1v) is 6.16. The predicted octanol–water partition coefficient (Wildman–Crippen LogP) is 2.25. The number of likely N-dealkylation sites (N-methyl/N-ethyl adjacent to an activating group) is 1. The Hall–Kier alpha value is -1.56. The number of pyridine rings is 1. The minimum Gasteiger partial charge on any atom is -0.347 e. The van der Waals surface area contributed by atoms with Gasteiger partial charge in [0.25, 0.3) is 0 Å². The number of hydrogen-bond donors (Lipinski definition) is 0. The number of piperazine rings is 1. The van der Waals surface area contributed by atoms with Crippen LogP contribution in [0.4, 0.5) is 19.0 Å². The van der Waals surface area contributed by atoms with Crippen molar-refractivity contribution in [1.82, 2.24) is 9.88 Å². The Morgan fingerprint density at radius 2 is 2.11 bits per heavy atom. The van der Waals surface area contributed by atoms with E-state index in [-0.39, 0.29) is 6.04 Å². The van der Waals surface area contributed by atoms with Gasteiger partial charge in [0.15, 0.2) is 0 Å². The van der Waals surface area contributed by atoms with Crippen LogP contribution in [0, 0.1) is 0 Å². The van der Waals surface area contributed by atoms with E-state index >= 15 is 0 Å². The molecule has 1 aromatic rings. The van der Waals surface area contributed by atoms with Crippen LogP contribution in [0.2, 0.25) is 0 Å². The first-order chi connectivity index (χ1) is 8.95. The zero-order valence-electron chi connectivity index (χ0n) is 10.5. The Morgan fingerprint density at radius 1 is 1.32 bits per heavy atom. The van der Waals surface area contributed by atoms with E-state index in [1.807, 2.05) is 13.1 Å². The molecule has 6 heteroatoms. The van der Waals surface area contributed by atoms with E-state index < -0.39 is 11.7 Å². The summed E-state index contributed by atoms with van der Waals surface area (Å²) in [4.78, 5) is 8.32. The van der Waals surface area contributed by atoms with E-state index in [0.717, 1.165) is 25.8 Å². The van der Waals surface area contributed by atoms with Crippen molar-refractivity contribution in [2.45, 2.75) is 12.2 Å². The Kier molecular flexibility index (Phi) is 2.78. The smallest absolute Gasteiger partial charge is 0.347 e. The number of anilines is 1. The van der Waals surface area contributed by atoms with Gasteiger partial charge in [-0.3, -0.25) is 0 Å². The van der Waals surface area contributed by atoms with E-state index in [1.54, 1.807) is 6.08 Å². The summed E-state index contributed by atoms with van der Waals surface area (Å²) in [6, 6.07) is 1.38. The Labute approximate surface area is 109 Å². The minimum absolute atomic E-state index is 0.204. The van der Waals surface area contributed by atoms with Crippen molar-refractivity contribution in [3.63, 3.8) is 0 Å². The number of alkyl halides is 3. The molecular formula is C13H14F3N3. The molecule has 0 radical (unpaired) electrons. The Bertz CT molecular complexity index is 524. The highest BCUT2D eigenvalue weighted by molar-refractivity contribution is 5.70. The Morgan fingerprint density at radius 3 is 2.84 bits per heavy atom. The largest absolute Gasteiger partial charge is 0.417 e. The molecule has 0 N–H and O–H groups in total. The van der Waals surface area contributed by atoms with Gasteiger partial charge in [-0.1, -0.05) is 12.2 Å². The van der Waals surface area contributed by atoms with Gasteiger partial charge in [-0.05, 0) is 13.1 Å².